The summed E-state index contributed by atoms with van der Waals surface area (Å²) in [4.78, 5) is 42.6. The highest BCUT2D eigenvalue weighted by molar-refractivity contribution is 6.04. The van der Waals surface area contributed by atoms with Crippen LogP contribution < -0.4 is 10.2 Å². The van der Waals surface area contributed by atoms with E-state index in [0.29, 0.717) is 24.8 Å². The van der Waals surface area contributed by atoms with Crippen LogP contribution >= 0.6 is 0 Å². The molecule has 36 heavy (non-hydrogen) atoms. The second-order valence-electron chi connectivity index (χ2n) is 9.78. The van der Waals surface area contributed by atoms with E-state index in [4.69, 9.17) is 0 Å². The van der Waals surface area contributed by atoms with Gasteiger partial charge in [-0.15, -0.1) is 0 Å². The van der Waals surface area contributed by atoms with Gasteiger partial charge in [0, 0.05) is 18.3 Å². The van der Waals surface area contributed by atoms with Crippen molar-refractivity contribution in [2.24, 2.45) is 0 Å². The number of likely N-dealkylation sites (tertiary alicyclic amines) is 1. The van der Waals surface area contributed by atoms with E-state index in [0.717, 1.165) is 42.6 Å². The summed E-state index contributed by atoms with van der Waals surface area (Å²) in [5.41, 5.74) is 1.67. The van der Waals surface area contributed by atoms with Gasteiger partial charge in [-0.25, -0.2) is 9.18 Å². The molecule has 1 saturated carbocycles. The maximum absolute atomic E-state index is 14.4. The average molecular weight is 496 g/mol. The number of anilines is 1. The summed E-state index contributed by atoms with van der Waals surface area (Å²) in [5.74, 6) is -1.40. The first kappa shape index (κ1) is 25.7. The fourth-order valence-electron chi connectivity index (χ4n) is 5.43. The van der Waals surface area contributed by atoms with Gasteiger partial charge in [0.2, 0.25) is 5.91 Å². The molecule has 2 N–H and O–H groups in total. The molecule has 2 aromatic rings. The van der Waals surface area contributed by atoms with Crippen LogP contribution in [0.15, 0.2) is 48.5 Å². The van der Waals surface area contributed by atoms with E-state index >= 15 is 0 Å². The molecule has 2 aromatic carbocycles. The molecule has 0 radical (unpaired) electrons. The van der Waals surface area contributed by atoms with Crippen LogP contribution in [0.5, 0.6) is 0 Å². The van der Waals surface area contributed by atoms with E-state index in [9.17, 15) is 23.9 Å². The number of benzene rings is 2. The molecule has 8 heteroatoms. The number of nitrogens with one attached hydrogen (secondary N) is 1. The Morgan fingerprint density at radius 2 is 1.72 bits per heavy atom. The zero-order valence-electron chi connectivity index (χ0n) is 20.7. The third-order valence-corrected chi connectivity index (χ3v) is 7.30. The minimum absolute atomic E-state index is 0.00688. The summed E-state index contributed by atoms with van der Waals surface area (Å²) < 4.78 is 14.4. The monoisotopic (exact) mass is 495 g/mol. The van der Waals surface area contributed by atoms with Crippen LogP contribution in [0.1, 0.15) is 68.5 Å². The SMILES string of the molecule is Cc1ccccc1[C@H](C(=O)NC1CCCCC1)N(C(=O)[C@H]1CCCCN1C(=O)O)c1cccc(F)c1. The number of nitrogens with zero attached hydrogens (tertiary/aromatic N) is 2. The third kappa shape index (κ3) is 5.69. The van der Waals surface area contributed by atoms with E-state index in [-0.39, 0.29) is 24.2 Å². The van der Waals surface area contributed by atoms with Crippen molar-refractivity contribution in [2.75, 3.05) is 11.4 Å². The lowest BCUT2D eigenvalue weighted by molar-refractivity contribution is -0.129. The molecule has 7 nitrogen and oxygen atoms in total. The molecule has 3 amide bonds. The van der Waals surface area contributed by atoms with Crippen molar-refractivity contribution in [3.63, 3.8) is 0 Å². The predicted molar refractivity (Wildman–Crippen MR) is 135 cm³/mol. The van der Waals surface area contributed by atoms with Crippen LogP contribution in [0.2, 0.25) is 0 Å². The Bertz CT molecular complexity index is 1100. The van der Waals surface area contributed by atoms with Crippen LogP contribution in [-0.2, 0) is 9.59 Å². The van der Waals surface area contributed by atoms with E-state index in [2.05, 4.69) is 5.32 Å². The van der Waals surface area contributed by atoms with Gasteiger partial charge in [-0.2, -0.15) is 0 Å². The Morgan fingerprint density at radius 3 is 2.42 bits per heavy atom. The summed E-state index contributed by atoms with van der Waals surface area (Å²) >= 11 is 0. The summed E-state index contributed by atoms with van der Waals surface area (Å²) in [5, 5.41) is 12.9. The molecule has 1 heterocycles. The first-order valence-corrected chi connectivity index (χ1v) is 12.8. The fourth-order valence-corrected chi connectivity index (χ4v) is 5.43. The number of piperidine rings is 1. The van der Waals surface area contributed by atoms with Crippen LogP contribution in [-0.4, -0.2) is 46.5 Å². The number of carbonyl (C=O) groups excluding carboxylic acids is 2. The molecule has 4 rings (SSSR count). The van der Waals surface area contributed by atoms with Crippen LogP contribution in [0.25, 0.3) is 0 Å². The number of hydrogen-bond acceptors (Lipinski definition) is 3. The topological polar surface area (TPSA) is 90.0 Å². The average Bonchev–Trinajstić information content (AvgIpc) is 2.88. The third-order valence-electron chi connectivity index (χ3n) is 7.30. The first-order chi connectivity index (χ1) is 17.4. The summed E-state index contributed by atoms with van der Waals surface area (Å²) in [6.07, 6.45) is 5.47. The van der Waals surface area contributed by atoms with Crippen molar-refractivity contribution < 1.29 is 23.9 Å². The van der Waals surface area contributed by atoms with Gasteiger partial charge in [0.05, 0.1) is 0 Å². The van der Waals surface area contributed by atoms with E-state index in [1.165, 1.54) is 23.1 Å². The Balaban J connectivity index is 1.81. The molecule has 0 unspecified atom stereocenters. The number of hydrogen-bond donors (Lipinski definition) is 2. The molecule has 1 aliphatic carbocycles. The van der Waals surface area contributed by atoms with Gasteiger partial charge in [-0.1, -0.05) is 49.6 Å². The molecular formula is C28H34FN3O4. The number of carbonyl (C=O) groups is 3. The van der Waals surface area contributed by atoms with Gasteiger partial charge < -0.3 is 10.4 Å². The van der Waals surface area contributed by atoms with E-state index in [1.54, 1.807) is 12.1 Å². The molecule has 2 atom stereocenters. The van der Waals surface area contributed by atoms with Crippen molar-refractivity contribution in [1.82, 2.24) is 10.2 Å². The highest BCUT2D eigenvalue weighted by atomic mass is 19.1. The van der Waals surface area contributed by atoms with Crippen LogP contribution in [0.3, 0.4) is 0 Å². The normalized spacial score (nSPS) is 19.4. The molecular weight excluding hydrogens is 461 g/mol. The largest absolute Gasteiger partial charge is 0.465 e. The Morgan fingerprint density at radius 1 is 1.00 bits per heavy atom. The number of rotatable bonds is 6. The lowest BCUT2D eigenvalue weighted by Crippen LogP contribution is -2.56. The van der Waals surface area contributed by atoms with Crippen molar-refractivity contribution in [2.45, 2.75) is 76.4 Å². The summed E-state index contributed by atoms with van der Waals surface area (Å²) in [6, 6.07) is 10.9. The Hall–Kier alpha value is -3.42. The second-order valence-corrected chi connectivity index (χ2v) is 9.78. The summed E-state index contributed by atoms with van der Waals surface area (Å²) in [6.45, 7) is 2.11. The van der Waals surface area contributed by atoms with E-state index in [1.807, 2.05) is 25.1 Å². The molecule has 2 fully saturated rings. The van der Waals surface area contributed by atoms with Crippen LogP contribution in [0, 0.1) is 12.7 Å². The molecule has 1 aliphatic heterocycles. The minimum atomic E-state index is -1.17. The highest BCUT2D eigenvalue weighted by Crippen LogP contribution is 2.33. The first-order valence-electron chi connectivity index (χ1n) is 12.8. The zero-order valence-corrected chi connectivity index (χ0v) is 20.7. The minimum Gasteiger partial charge on any atom is -0.465 e. The van der Waals surface area contributed by atoms with Crippen molar-refractivity contribution >= 4 is 23.6 Å². The molecule has 2 aliphatic rings. The Labute approximate surface area is 211 Å². The quantitative estimate of drug-likeness (QED) is 0.577. The summed E-state index contributed by atoms with van der Waals surface area (Å²) in [7, 11) is 0. The lowest BCUT2D eigenvalue weighted by Gasteiger charge is -2.39. The zero-order chi connectivity index (χ0) is 25.7. The second kappa shape index (κ2) is 11.5. The number of aryl methyl sites for hydroxylation is 1. The highest BCUT2D eigenvalue weighted by Gasteiger charge is 2.41. The number of amides is 3. The predicted octanol–water partition coefficient (Wildman–Crippen LogP) is 5.19. The molecule has 0 aromatic heterocycles. The standard InChI is InChI=1S/C28H34FN3O4/c1-19-10-5-6-15-23(19)25(26(33)30-21-12-3-2-4-13-21)32(22-14-9-11-20(29)18-22)27(34)24-16-7-8-17-31(24)28(35)36/h5-6,9-11,14-15,18,21,24-25H,2-4,7-8,12-13,16-17H2,1H3,(H,30,33)(H,35,36)/t24-,25-/m1/s1. The Kier molecular flexibility index (Phi) is 8.23. The van der Waals surface area contributed by atoms with Gasteiger partial charge in [0.15, 0.2) is 0 Å². The van der Waals surface area contributed by atoms with Crippen molar-refractivity contribution in [3.8, 4) is 0 Å². The van der Waals surface area contributed by atoms with Gasteiger partial charge >= 0.3 is 6.09 Å². The van der Waals surface area contributed by atoms with Crippen LogP contribution in [0.4, 0.5) is 14.9 Å². The molecule has 0 bridgehead atoms. The fraction of sp³-hybridized carbons (Fsp3) is 0.464. The molecule has 0 spiro atoms. The van der Waals surface area contributed by atoms with Gasteiger partial charge in [0.25, 0.3) is 5.91 Å². The van der Waals surface area contributed by atoms with E-state index < -0.39 is 29.9 Å². The lowest BCUT2D eigenvalue weighted by atomic mass is 9.93. The maximum atomic E-state index is 14.4. The molecule has 192 valence electrons. The smallest absolute Gasteiger partial charge is 0.407 e. The molecule has 1 saturated heterocycles. The number of carboxylic acid groups (broad SMARTS) is 1. The maximum Gasteiger partial charge on any atom is 0.407 e. The van der Waals surface area contributed by atoms with Gasteiger partial charge in [0.1, 0.15) is 17.9 Å². The van der Waals surface area contributed by atoms with Crippen molar-refractivity contribution in [1.29, 1.82) is 0 Å². The van der Waals surface area contributed by atoms with Gasteiger partial charge in [-0.3, -0.25) is 19.4 Å². The van der Waals surface area contributed by atoms with Gasteiger partial charge in [-0.05, 0) is 68.4 Å². The number of halogens is 1. The van der Waals surface area contributed by atoms with Crippen molar-refractivity contribution in [3.05, 3.63) is 65.5 Å².